The molecule has 2 N–H and O–H groups in total. The fraction of sp³-hybridized carbons (Fsp3) is 0.500. The van der Waals surface area contributed by atoms with Crippen LogP contribution in [0.1, 0.15) is 19.8 Å². The maximum atomic E-state index is 12.3. The van der Waals surface area contributed by atoms with E-state index >= 15 is 0 Å². The van der Waals surface area contributed by atoms with Crippen molar-refractivity contribution in [2.24, 2.45) is 11.7 Å². The van der Waals surface area contributed by atoms with Crippen LogP contribution in [0.2, 0.25) is 0 Å². The number of ether oxygens (including phenoxy) is 3. The molecule has 2 unspecified atom stereocenters. The Morgan fingerprint density at radius 3 is 2.38 bits per heavy atom. The number of nitrogens with two attached hydrogens (primary N) is 1. The molecule has 0 aromatic heterocycles. The Balaban J connectivity index is 1.50. The Hall–Kier alpha value is -2.77. The molecule has 0 aliphatic carbocycles. The smallest absolute Gasteiger partial charge is 0.351 e. The van der Waals surface area contributed by atoms with E-state index in [4.69, 9.17) is 19.9 Å². The molecule has 0 bridgehead atoms. The lowest BCUT2D eigenvalue weighted by atomic mass is 9.96. The maximum absolute atomic E-state index is 12.3. The van der Waals surface area contributed by atoms with E-state index in [1.165, 1.54) is 0 Å². The third-order valence-corrected chi connectivity index (χ3v) is 4.66. The number of carbonyl (C=O) groups excluding carboxylic acids is 3. The number of esters is 1. The Morgan fingerprint density at radius 2 is 1.77 bits per heavy atom. The van der Waals surface area contributed by atoms with E-state index in [0.717, 1.165) is 0 Å². The lowest BCUT2D eigenvalue weighted by molar-refractivity contribution is -0.163. The van der Waals surface area contributed by atoms with Gasteiger partial charge in [-0.15, -0.1) is 0 Å². The summed E-state index contributed by atoms with van der Waals surface area (Å²) in [6.45, 7) is 2.19. The zero-order valence-electron chi connectivity index (χ0n) is 14.6. The van der Waals surface area contributed by atoms with Crippen molar-refractivity contribution >= 4 is 17.8 Å². The van der Waals surface area contributed by atoms with Crippen LogP contribution in [0.25, 0.3) is 0 Å². The minimum Gasteiger partial charge on any atom is -0.482 e. The molecule has 1 fully saturated rings. The third-order valence-electron chi connectivity index (χ3n) is 4.66. The first-order valence-corrected chi connectivity index (χ1v) is 8.61. The Kier molecular flexibility index (Phi) is 5.29. The minimum atomic E-state index is -0.932. The summed E-state index contributed by atoms with van der Waals surface area (Å²) in [6, 6.07) is 7.05. The summed E-state index contributed by atoms with van der Waals surface area (Å²) < 4.78 is 16.4. The number of rotatable bonds is 4. The molecule has 8 heteroatoms. The predicted molar refractivity (Wildman–Crippen MR) is 90.4 cm³/mol. The lowest BCUT2D eigenvalue weighted by Gasteiger charge is -2.32. The van der Waals surface area contributed by atoms with Gasteiger partial charge in [-0.25, -0.2) is 4.79 Å². The van der Waals surface area contributed by atoms with Gasteiger partial charge >= 0.3 is 5.97 Å². The van der Waals surface area contributed by atoms with Crippen LogP contribution in [0, 0.1) is 5.92 Å². The molecule has 2 atom stereocenters. The highest BCUT2D eigenvalue weighted by molar-refractivity contribution is 5.83. The lowest BCUT2D eigenvalue weighted by Crippen LogP contribution is -2.46. The van der Waals surface area contributed by atoms with Gasteiger partial charge in [-0.1, -0.05) is 12.1 Å². The van der Waals surface area contributed by atoms with Crippen LogP contribution < -0.4 is 15.2 Å². The van der Waals surface area contributed by atoms with Gasteiger partial charge in [0.2, 0.25) is 12.0 Å². The van der Waals surface area contributed by atoms with Gasteiger partial charge < -0.3 is 24.8 Å². The first-order chi connectivity index (χ1) is 12.5. The molecule has 26 heavy (non-hydrogen) atoms. The van der Waals surface area contributed by atoms with Crippen molar-refractivity contribution in [3.8, 4) is 11.5 Å². The van der Waals surface area contributed by atoms with Crippen molar-refractivity contribution in [1.82, 2.24) is 4.90 Å². The second-order valence-electron chi connectivity index (χ2n) is 6.47. The van der Waals surface area contributed by atoms with Crippen LogP contribution in [0.15, 0.2) is 24.3 Å². The fourth-order valence-corrected chi connectivity index (χ4v) is 3.10. The van der Waals surface area contributed by atoms with Gasteiger partial charge in [0.1, 0.15) is 6.10 Å². The van der Waals surface area contributed by atoms with Crippen molar-refractivity contribution in [2.45, 2.75) is 32.0 Å². The van der Waals surface area contributed by atoms with Gasteiger partial charge in [-0.3, -0.25) is 9.59 Å². The van der Waals surface area contributed by atoms with Gasteiger partial charge in [0.05, 0.1) is 0 Å². The molecule has 2 aliphatic rings. The van der Waals surface area contributed by atoms with Crippen LogP contribution in [-0.4, -0.2) is 54.6 Å². The van der Waals surface area contributed by atoms with Crippen LogP contribution in [-0.2, 0) is 19.1 Å². The van der Waals surface area contributed by atoms with Gasteiger partial charge in [0.25, 0.3) is 5.91 Å². The number of likely N-dealkylation sites (tertiary alicyclic amines) is 1. The molecule has 0 saturated carbocycles. The quantitative estimate of drug-likeness (QED) is 0.781. The molecule has 8 nitrogen and oxygen atoms in total. The Morgan fingerprint density at radius 1 is 1.15 bits per heavy atom. The largest absolute Gasteiger partial charge is 0.482 e. The van der Waals surface area contributed by atoms with Crippen molar-refractivity contribution in [1.29, 1.82) is 0 Å². The predicted octanol–water partition coefficient (Wildman–Crippen LogP) is 0.482. The van der Waals surface area contributed by atoms with E-state index in [-0.39, 0.29) is 24.3 Å². The molecular weight excluding hydrogens is 340 g/mol. The molecule has 140 valence electrons. The highest BCUT2D eigenvalue weighted by atomic mass is 16.6. The summed E-state index contributed by atoms with van der Waals surface area (Å²) in [5.41, 5.74) is 5.28. The van der Waals surface area contributed by atoms with Crippen LogP contribution in [0.4, 0.5) is 0 Å². The number of nitrogens with zero attached hydrogens (tertiary/aromatic N) is 1. The monoisotopic (exact) mass is 362 g/mol. The number of benzene rings is 1. The van der Waals surface area contributed by atoms with Gasteiger partial charge in [-0.05, 0) is 31.9 Å². The number of fused-ring (bicyclic) bond motifs is 1. The number of piperidine rings is 1. The summed E-state index contributed by atoms with van der Waals surface area (Å²) in [6.07, 6.45) is -0.401. The number of hydrogen-bond acceptors (Lipinski definition) is 6. The van der Waals surface area contributed by atoms with Crippen molar-refractivity contribution in [3.05, 3.63) is 24.3 Å². The van der Waals surface area contributed by atoms with Gasteiger partial charge in [-0.2, -0.15) is 0 Å². The second-order valence-corrected chi connectivity index (χ2v) is 6.47. The SMILES string of the molecule is CC1Oc2ccccc2OC1C(=O)OCC(=O)N1CCC(C(N)=O)CC1. The zero-order valence-corrected chi connectivity index (χ0v) is 14.6. The first kappa shape index (κ1) is 18.0. The molecule has 2 heterocycles. The van der Waals surface area contributed by atoms with E-state index in [2.05, 4.69) is 0 Å². The molecule has 0 radical (unpaired) electrons. The van der Waals surface area contributed by atoms with Gasteiger partial charge in [0.15, 0.2) is 18.1 Å². The average Bonchev–Trinajstić information content (AvgIpc) is 2.65. The normalized spacial score (nSPS) is 22.6. The van der Waals surface area contributed by atoms with E-state index in [9.17, 15) is 14.4 Å². The maximum Gasteiger partial charge on any atom is 0.351 e. The first-order valence-electron chi connectivity index (χ1n) is 8.61. The summed E-state index contributed by atoms with van der Waals surface area (Å²) in [7, 11) is 0. The molecule has 2 aliphatic heterocycles. The zero-order chi connectivity index (χ0) is 18.7. The number of hydrogen-bond donors (Lipinski definition) is 1. The van der Waals surface area contributed by atoms with Crippen molar-refractivity contribution < 1.29 is 28.6 Å². The van der Waals surface area contributed by atoms with Gasteiger partial charge in [0, 0.05) is 19.0 Å². The third kappa shape index (κ3) is 3.89. The molecule has 1 aromatic carbocycles. The summed E-state index contributed by atoms with van der Waals surface area (Å²) >= 11 is 0. The standard InChI is InChI=1S/C18H22N2O6/c1-11-16(26-14-5-3-2-4-13(14)25-11)18(23)24-10-15(21)20-8-6-12(7-9-20)17(19)22/h2-5,11-12,16H,6-10H2,1H3,(H2,19,22). The summed E-state index contributed by atoms with van der Waals surface area (Å²) in [4.78, 5) is 37.2. The highest BCUT2D eigenvalue weighted by Crippen LogP contribution is 2.33. The van der Waals surface area contributed by atoms with E-state index in [1.807, 2.05) is 6.07 Å². The fourth-order valence-electron chi connectivity index (χ4n) is 3.10. The minimum absolute atomic E-state index is 0.199. The number of amides is 2. The van der Waals surface area contributed by atoms with Crippen LogP contribution >= 0.6 is 0 Å². The molecular formula is C18H22N2O6. The number of carbonyl (C=O) groups is 3. The van der Waals surface area contributed by atoms with E-state index < -0.39 is 18.2 Å². The Labute approximate surface area is 151 Å². The number of primary amides is 1. The summed E-state index contributed by atoms with van der Waals surface area (Å²) in [5, 5.41) is 0. The Bertz CT molecular complexity index is 699. The van der Waals surface area contributed by atoms with E-state index in [0.29, 0.717) is 37.4 Å². The van der Waals surface area contributed by atoms with E-state index in [1.54, 1.807) is 30.0 Å². The highest BCUT2D eigenvalue weighted by Gasteiger charge is 2.36. The average molecular weight is 362 g/mol. The summed E-state index contributed by atoms with van der Waals surface area (Å²) in [5.74, 6) is -0.453. The topological polar surface area (TPSA) is 108 Å². The molecule has 1 saturated heterocycles. The van der Waals surface area contributed by atoms with Crippen LogP contribution in [0.5, 0.6) is 11.5 Å². The van der Waals surface area contributed by atoms with Crippen LogP contribution in [0.3, 0.4) is 0 Å². The molecule has 2 amide bonds. The molecule has 0 spiro atoms. The van der Waals surface area contributed by atoms with Crippen molar-refractivity contribution in [2.75, 3.05) is 19.7 Å². The van der Waals surface area contributed by atoms with Crippen molar-refractivity contribution in [3.63, 3.8) is 0 Å². The second kappa shape index (κ2) is 7.63. The number of para-hydroxylation sites is 2. The molecule has 3 rings (SSSR count). The molecule has 1 aromatic rings.